The largest absolute Gasteiger partial charge is 0.311 e. The van der Waals surface area contributed by atoms with Crippen LogP contribution in [0.4, 0.5) is 11.6 Å². The van der Waals surface area contributed by atoms with E-state index in [1.54, 1.807) is 0 Å². The zero-order valence-corrected chi connectivity index (χ0v) is 14.4. The lowest BCUT2D eigenvalue weighted by Crippen LogP contribution is -2.20. The third-order valence-corrected chi connectivity index (χ3v) is 4.46. The highest BCUT2D eigenvalue weighted by Gasteiger charge is 2.13. The van der Waals surface area contributed by atoms with Crippen molar-refractivity contribution in [2.75, 3.05) is 11.4 Å². The molecule has 2 aromatic heterocycles. The fourth-order valence-corrected chi connectivity index (χ4v) is 3.07. The van der Waals surface area contributed by atoms with E-state index in [0.717, 1.165) is 52.8 Å². The Morgan fingerprint density at radius 2 is 1.20 bits per heavy atom. The van der Waals surface area contributed by atoms with Gasteiger partial charge in [-0.25, -0.2) is 9.97 Å². The number of pyridine rings is 2. The first kappa shape index (κ1) is 15.6. The van der Waals surface area contributed by atoms with Crippen molar-refractivity contribution in [1.82, 2.24) is 9.97 Å². The van der Waals surface area contributed by atoms with Gasteiger partial charge in [-0.1, -0.05) is 49.7 Å². The van der Waals surface area contributed by atoms with Gasteiger partial charge in [-0.05, 0) is 42.8 Å². The number of hydrogen-bond donors (Lipinski definition) is 0. The Labute approximate surface area is 148 Å². The lowest BCUT2D eigenvalue weighted by molar-refractivity contribution is 0.775. The van der Waals surface area contributed by atoms with Crippen LogP contribution in [-0.4, -0.2) is 16.5 Å². The second kappa shape index (κ2) is 6.89. The fourth-order valence-electron chi connectivity index (χ4n) is 3.07. The Morgan fingerprint density at radius 1 is 0.680 bits per heavy atom. The normalized spacial score (nSPS) is 11.1. The molecule has 0 aliphatic carbocycles. The highest BCUT2D eigenvalue weighted by Crippen LogP contribution is 2.26. The Morgan fingerprint density at radius 3 is 1.72 bits per heavy atom. The molecule has 2 heterocycles. The molecule has 3 heteroatoms. The summed E-state index contributed by atoms with van der Waals surface area (Å²) >= 11 is 0. The van der Waals surface area contributed by atoms with Gasteiger partial charge < -0.3 is 4.90 Å². The smallest absolute Gasteiger partial charge is 0.134 e. The topological polar surface area (TPSA) is 29.0 Å². The van der Waals surface area contributed by atoms with Crippen LogP contribution in [0.1, 0.15) is 19.8 Å². The molecule has 2 aromatic carbocycles. The van der Waals surface area contributed by atoms with Crippen LogP contribution in [0.25, 0.3) is 21.8 Å². The van der Waals surface area contributed by atoms with Gasteiger partial charge in [-0.2, -0.15) is 0 Å². The minimum atomic E-state index is 0.910. The molecule has 0 radical (unpaired) electrons. The molecule has 0 amide bonds. The van der Waals surface area contributed by atoms with Gasteiger partial charge in [-0.3, -0.25) is 0 Å². The average Bonchev–Trinajstić information content (AvgIpc) is 2.68. The van der Waals surface area contributed by atoms with E-state index < -0.39 is 0 Å². The SMILES string of the molecule is CCCCN(c1ccc2ccccc2n1)c1ccc2ccccc2n1. The molecular formula is C22H21N3. The van der Waals surface area contributed by atoms with Crippen molar-refractivity contribution in [1.29, 1.82) is 0 Å². The Kier molecular flexibility index (Phi) is 4.30. The third kappa shape index (κ3) is 3.18. The molecule has 4 rings (SSSR count). The van der Waals surface area contributed by atoms with Crippen LogP contribution >= 0.6 is 0 Å². The molecule has 0 atom stereocenters. The molecule has 0 N–H and O–H groups in total. The molecule has 0 bridgehead atoms. The van der Waals surface area contributed by atoms with Crippen molar-refractivity contribution >= 4 is 33.4 Å². The molecular weight excluding hydrogens is 306 g/mol. The van der Waals surface area contributed by atoms with Crippen molar-refractivity contribution in [3.63, 3.8) is 0 Å². The first-order valence-electron chi connectivity index (χ1n) is 8.84. The quantitative estimate of drug-likeness (QED) is 0.469. The number of rotatable bonds is 5. The second-order valence-electron chi connectivity index (χ2n) is 6.23. The molecule has 0 aliphatic rings. The number of aromatic nitrogens is 2. The lowest BCUT2D eigenvalue weighted by atomic mass is 10.2. The van der Waals surface area contributed by atoms with E-state index in [9.17, 15) is 0 Å². The number of anilines is 2. The highest BCUT2D eigenvalue weighted by atomic mass is 15.2. The van der Waals surface area contributed by atoms with Gasteiger partial charge in [0.05, 0.1) is 11.0 Å². The summed E-state index contributed by atoms with van der Waals surface area (Å²) in [4.78, 5) is 12.0. The first-order valence-corrected chi connectivity index (χ1v) is 8.84. The number of fused-ring (bicyclic) bond motifs is 2. The van der Waals surface area contributed by atoms with Crippen LogP contribution in [0.15, 0.2) is 72.8 Å². The summed E-state index contributed by atoms with van der Waals surface area (Å²) in [5.41, 5.74) is 2.03. The summed E-state index contributed by atoms with van der Waals surface area (Å²) in [5.74, 6) is 1.91. The van der Waals surface area contributed by atoms with Crippen molar-refractivity contribution in [2.45, 2.75) is 19.8 Å². The van der Waals surface area contributed by atoms with Crippen molar-refractivity contribution in [3.8, 4) is 0 Å². The van der Waals surface area contributed by atoms with Gasteiger partial charge in [0.15, 0.2) is 0 Å². The summed E-state index contributed by atoms with van der Waals surface area (Å²) in [5, 5.41) is 2.32. The molecule has 3 nitrogen and oxygen atoms in total. The van der Waals surface area contributed by atoms with Crippen LogP contribution in [0.2, 0.25) is 0 Å². The van der Waals surface area contributed by atoms with Crippen LogP contribution in [0.3, 0.4) is 0 Å². The molecule has 0 spiro atoms. The summed E-state index contributed by atoms with van der Waals surface area (Å²) in [6.45, 7) is 3.12. The third-order valence-electron chi connectivity index (χ3n) is 4.46. The Bertz CT molecular complexity index is 931. The van der Waals surface area contributed by atoms with Crippen LogP contribution < -0.4 is 4.90 Å². The van der Waals surface area contributed by atoms with E-state index in [1.807, 2.05) is 24.3 Å². The monoisotopic (exact) mass is 327 g/mol. The number of unbranched alkanes of at least 4 members (excludes halogenated alkanes) is 1. The molecule has 0 saturated heterocycles. The van der Waals surface area contributed by atoms with Crippen LogP contribution in [0, 0.1) is 0 Å². The van der Waals surface area contributed by atoms with E-state index in [0.29, 0.717) is 0 Å². The van der Waals surface area contributed by atoms with Crippen molar-refractivity contribution in [2.24, 2.45) is 0 Å². The fraction of sp³-hybridized carbons (Fsp3) is 0.182. The molecule has 0 aliphatic heterocycles. The molecule has 0 saturated carbocycles. The summed E-state index contributed by atoms with van der Waals surface area (Å²) in [7, 11) is 0. The number of benzene rings is 2. The van der Waals surface area contributed by atoms with Gasteiger partial charge >= 0.3 is 0 Å². The summed E-state index contributed by atoms with van der Waals surface area (Å²) < 4.78 is 0. The predicted molar refractivity (Wildman–Crippen MR) is 105 cm³/mol. The maximum absolute atomic E-state index is 4.87. The summed E-state index contributed by atoms with van der Waals surface area (Å²) in [6, 6.07) is 24.9. The van der Waals surface area contributed by atoms with Crippen molar-refractivity contribution < 1.29 is 0 Å². The average molecular weight is 327 g/mol. The van der Waals surface area contributed by atoms with Gasteiger partial charge in [0, 0.05) is 17.3 Å². The van der Waals surface area contributed by atoms with Crippen LogP contribution in [-0.2, 0) is 0 Å². The number of nitrogens with zero attached hydrogens (tertiary/aromatic N) is 3. The minimum Gasteiger partial charge on any atom is -0.311 e. The van der Waals surface area contributed by atoms with E-state index in [2.05, 4.69) is 60.4 Å². The van der Waals surface area contributed by atoms with Crippen LogP contribution in [0.5, 0.6) is 0 Å². The predicted octanol–water partition coefficient (Wildman–Crippen LogP) is 5.72. The first-order chi connectivity index (χ1) is 12.3. The maximum Gasteiger partial charge on any atom is 0.134 e. The van der Waals surface area contributed by atoms with E-state index in [-0.39, 0.29) is 0 Å². The summed E-state index contributed by atoms with van der Waals surface area (Å²) in [6.07, 6.45) is 2.24. The van der Waals surface area contributed by atoms with E-state index in [4.69, 9.17) is 9.97 Å². The highest BCUT2D eigenvalue weighted by molar-refractivity contribution is 5.83. The Hall–Kier alpha value is -2.94. The molecule has 0 fully saturated rings. The molecule has 4 aromatic rings. The van der Waals surface area contributed by atoms with Gasteiger partial charge in [0.2, 0.25) is 0 Å². The molecule has 0 unspecified atom stereocenters. The number of hydrogen-bond acceptors (Lipinski definition) is 3. The van der Waals surface area contributed by atoms with Gasteiger partial charge in [-0.15, -0.1) is 0 Å². The van der Waals surface area contributed by atoms with E-state index >= 15 is 0 Å². The Balaban J connectivity index is 1.79. The maximum atomic E-state index is 4.87. The van der Waals surface area contributed by atoms with Gasteiger partial charge in [0.1, 0.15) is 11.6 Å². The van der Waals surface area contributed by atoms with Crippen molar-refractivity contribution in [3.05, 3.63) is 72.8 Å². The number of para-hydroxylation sites is 2. The standard InChI is InChI=1S/C22H21N3/c1-2-3-16-25(21-14-12-17-8-4-6-10-19(17)23-21)22-15-13-18-9-5-7-11-20(18)24-22/h4-15H,2-3,16H2,1H3. The molecule has 25 heavy (non-hydrogen) atoms. The lowest BCUT2D eigenvalue weighted by Gasteiger charge is -2.23. The molecule has 124 valence electrons. The second-order valence-corrected chi connectivity index (χ2v) is 6.23. The van der Waals surface area contributed by atoms with E-state index in [1.165, 1.54) is 0 Å². The van der Waals surface area contributed by atoms with Gasteiger partial charge in [0.25, 0.3) is 0 Å². The zero-order chi connectivity index (χ0) is 17.1. The minimum absolute atomic E-state index is 0.910. The zero-order valence-electron chi connectivity index (χ0n) is 14.4.